The number of hydrogen-bond acceptors (Lipinski definition) is 6. The molecule has 1 atom stereocenters. The lowest BCUT2D eigenvalue weighted by molar-refractivity contribution is 0.00621. The van der Waals surface area contributed by atoms with Gasteiger partial charge in [0.2, 0.25) is 5.88 Å². The van der Waals surface area contributed by atoms with E-state index in [9.17, 15) is 5.11 Å². The highest BCUT2D eigenvalue weighted by Gasteiger charge is 2.29. The van der Waals surface area contributed by atoms with E-state index in [0.717, 1.165) is 48.3 Å². The van der Waals surface area contributed by atoms with Crippen molar-refractivity contribution < 1.29 is 14.4 Å². The zero-order valence-electron chi connectivity index (χ0n) is 19.6. The molecular weight excluding hydrogens is 390 g/mol. The van der Waals surface area contributed by atoms with E-state index >= 15 is 0 Å². The minimum atomic E-state index is -0.505. The van der Waals surface area contributed by atoms with Crippen molar-refractivity contribution >= 4 is 5.88 Å². The number of rotatable bonds is 14. The smallest absolute Gasteiger partial charge is 0.232 e. The number of aromatic nitrogens is 1. The molecule has 0 radical (unpaired) electrons. The first-order valence-corrected chi connectivity index (χ1v) is 11.8. The van der Waals surface area contributed by atoms with Gasteiger partial charge in [-0.3, -0.25) is 4.90 Å². The van der Waals surface area contributed by atoms with E-state index in [-0.39, 0.29) is 0 Å². The molecule has 3 rings (SSSR count). The molecule has 6 heteroatoms. The molecule has 1 aliphatic carbocycles. The maximum atomic E-state index is 10.6. The van der Waals surface area contributed by atoms with Gasteiger partial charge >= 0.3 is 0 Å². The molecule has 0 bridgehead atoms. The monoisotopic (exact) mass is 429 g/mol. The Labute approximate surface area is 187 Å². The van der Waals surface area contributed by atoms with Gasteiger partial charge in [0.1, 0.15) is 5.69 Å². The molecule has 1 heterocycles. The van der Waals surface area contributed by atoms with Crippen LogP contribution in [0.3, 0.4) is 0 Å². The zero-order valence-corrected chi connectivity index (χ0v) is 19.6. The molecule has 31 heavy (non-hydrogen) atoms. The van der Waals surface area contributed by atoms with E-state index in [0.29, 0.717) is 32.2 Å². The van der Waals surface area contributed by atoms with Crippen LogP contribution in [0.15, 0.2) is 34.9 Å². The molecule has 6 nitrogen and oxygen atoms in total. The van der Waals surface area contributed by atoms with Gasteiger partial charge in [0.15, 0.2) is 0 Å². The fourth-order valence-electron chi connectivity index (χ4n) is 3.91. The van der Waals surface area contributed by atoms with E-state index in [1.54, 1.807) is 0 Å². The van der Waals surface area contributed by atoms with Crippen molar-refractivity contribution in [1.29, 1.82) is 0 Å². The van der Waals surface area contributed by atoms with Crippen LogP contribution in [0, 0.1) is 11.8 Å². The number of anilines is 1. The average Bonchev–Trinajstić information content (AvgIpc) is 3.48. The second kappa shape index (κ2) is 11.7. The molecule has 0 saturated heterocycles. The van der Waals surface area contributed by atoms with Crippen molar-refractivity contribution in [2.75, 3.05) is 44.3 Å². The fraction of sp³-hybridized carbons (Fsp3) is 0.640. The second-order valence-corrected chi connectivity index (χ2v) is 9.08. The summed E-state index contributed by atoms with van der Waals surface area (Å²) in [5, 5.41) is 15.1. The summed E-state index contributed by atoms with van der Waals surface area (Å²) in [4.78, 5) is 4.57. The zero-order chi connectivity index (χ0) is 22.2. The summed E-state index contributed by atoms with van der Waals surface area (Å²) in [5.74, 6) is 2.03. The van der Waals surface area contributed by atoms with Crippen LogP contribution in [-0.2, 0) is 11.3 Å². The Morgan fingerprint density at radius 2 is 1.84 bits per heavy atom. The number of aliphatic hydroxyl groups excluding tert-OH is 1. The second-order valence-electron chi connectivity index (χ2n) is 9.08. The number of nitrogens with zero attached hydrogens (tertiary/aromatic N) is 3. The van der Waals surface area contributed by atoms with Gasteiger partial charge in [0, 0.05) is 44.9 Å². The van der Waals surface area contributed by atoms with Gasteiger partial charge in [-0.25, -0.2) is 0 Å². The molecular formula is C25H39N3O3. The third-order valence-corrected chi connectivity index (χ3v) is 5.69. The van der Waals surface area contributed by atoms with Gasteiger partial charge in [-0.1, -0.05) is 49.3 Å². The van der Waals surface area contributed by atoms with Crippen LogP contribution in [-0.4, -0.2) is 60.7 Å². The first-order chi connectivity index (χ1) is 15.0. The lowest BCUT2D eigenvalue weighted by atomic mass is 10.1. The van der Waals surface area contributed by atoms with Gasteiger partial charge in [-0.2, -0.15) is 0 Å². The van der Waals surface area contributed by atoms with Gasteiger partial charge in [0.25, 0.3) is 0 Å². The highest BCUT2D eigenvalue weighted by atomic mass is 16.5. The predicted octanol–water partition coefficient (Wildman–Crippen LogP) is 4.43. The van der Waals surface area contributed by atoms with E-state index in [4.69, 9.17) is 9.26 Å². The number of ether oxygens (including phenoxy) is 1. The predicted molar refractivity (Wildman–Crippen MR) is 125 cm³/mol. The fourth-order valence-corrected chi connectivity index (χ4v) is 3.91. The summed E-state index contributed by atoms with van der Waals surface area (Å²) < 4.78 is 11.6. The topological polar surface area (TPSA) is 62.0 Å². The van der Waals surface area contributed by atoms with Crippen molar-refractivity contribution in [3.05, 3.63) is 35.9 Å². The number of aliphatic hydroxyl groups is 1. The highest BCUT2D eigenvalue weighted by Crippen LogP contribution is 2.35. The number of hydrogen-bond donors (Lipinski definition) is 1. The van der Waals surface area contributed by atoms with E-state index in [1.165, 1.54) is 12.8 Å². The van der Waals surface area contributed by atoms with Crippen molar-refractivity contribution in [3.63, 3.8) is 0 Å². The molecule has 1 fully saturated rings. The molecule has 0 spiro atoms. The Morgan fingerprint density at radius 3 is 2.45 bits per heavy atom. The van der Waals surface area contributed by atoms with Crippen LogP contribution in [0.4, 0.5) is 5.88 Å². The van der Waals surface area contributed by atoms with Crippen molar-refractivity contribution in [1.82, 2.24) is 10.1 Å². The molecule has 1 aromatic heterocycles. The van der Waals surface area contributed by atoms with Crippen LogP contribution in [0.25, 0.3) is 11.3 Å². The van der Waals surface area contributed by atoms with Crippen LogP contribution < -0.4 is 4.90 Å². The summed E-state index contributed by atoms with van der Waals surface area (Å²) in [6, 6.07) is 10.2. The standard InChI is InChI=1S/C25H39N3O3/c1-5-28(6-2)25-23(24(26-31-25)21-10-8-7-9-11-21)16-27(14-20-12-13-20)15-22(29)18-30-17-19(3)4/h7-11,19-20,22,29H,5-6,12-18H2,1-4H3/t22-/m0/s1. The lowest BCUT2D eigenvalue weighted by Crippen LogP contribution is -2.36. The summed E-state index contributed by atoms with van der Waals surface area (Å²) in [5.41, 5.74) is 3.06. The summed E-state index contributed by atoms with van der Waals surface area (Å²) in [7, 11) is 0. The van der Waals surface area contributed by atoms with Gasteiger partial charge in [-0.15, -0.1) is 0 Å². The summed E-state index contributed by atoms with van der Waals surface area (Å²) in [6.07, 6.45) is 2.04. The van der Waals surface area contributed by atoms with E-state index < -0.39 is 6.10 Å². The van der Waals surface area contributed by atoms with E-state index in [2.05, 4.69) is 54.8 Å². The van der Waals surface area contributed by atoms with Gasteiger partial charge in [0.05, 0.1) is 18.3 Å². The first kappa shape index (κ1) is 23.8. The molecule has 0 aliphatic heterocycles. The van der Waals surface area contributed by atoms with E-state index in [1.807, 2.05) is 18.2 Å². The molecule has 0 unspecified atom stereocenters. The third-order valence-electron chi connectivity index (χ3n) is 5.69. The maximum absolute atomic E-state index is 10.6. The Hall–Kier alpha value is -1.89. The third kappa shape index (κ3) is 7.06. The van der Waals surface area contributed by atoms with Crippen LogP contribution in [0.2, 0.25) is 0 Å². The Balaban J connectivity index is 1.80. The van der Waals surface area contributed by atoms with Crippen LogP contribution >= 0.6 is 0 Å². The molecule has 172 valence electrons. The molecule has 1 aliphatic rings. The molecule has 1 N–H and O–H groups in total. The SMILES string of the molecule is CCN(CC)c1onc(-c2ccccc2)c1CN(CC1CC1)C[C@H](O)COCC(C)C. The maximum Gasteiger partial charge on any atom is 0.232 e. The van der Waals surface area contributed by atoms with Crippen molar-refractivity contribution in [2.45, 2.75) is 53.2 Å². The summed E-state index contributed by atoms with van der Waals surface area (Å²) >= 11 is 0. The quantitative estimate of drug-likeness (QED) is 0.479. The van der Waals surface area contributed by atoms with Crippen molar-refractivity contribution in [2.24, 2.45) is 11.8 Å². The van der Waals surface area contributed by atoms with Gasteiger partial charge < -0.3 is 19.3 Å². The minimum Gasteiger partial charge on any atom is -0.389 e. The largest absolute Gasteiger partial charge is 0.389 e. The van der Waals surface area contributed by atoms with Crippen LogP contribution in [0.1, 0.15) is 46.1 Å². The lowest BCUT2D eigenvalue weighted by Gasteiger charge is -2.27. The van der Waals surface area contributed by atoms with Crippen molar-refractivity contribution in [3.8, 4) is 11.3 Å². The Morgan fingerprint density at radius 1 is 1.13 bits per heavy atom. The first-order valence-electron chi connectivity index (χ1n) is 11.8. The molecule has 2 aromatic rings. The minimum absolute atomic E-state index is 0.372. The number of benzene rings is 1. The molecule has 0 amide bonds. The Bertz CT molecular complexity index is 770. The highest BCUT2D eigenvalue weighted by molar-refractivity contribution is 5.68. The Kier molecular flexibility index (Phi) is 8.93. The van der Waals surface area contributed by atoms with Gasteiger partial charge in [-0.05, 0) is 38.5 Å². The summed E-state index contributed by atoms with van der Waals surface area (Å²) in [6.45, 7) is 13.6. The average molecular weight is 430 g/mol. The normalized spacial score (nSPS) is 15.1. The molecule has 1 aromatic carbocycles. The van der Waals surface area contributed by atoms with Crippen LogP contribution in [0.5, 0.6) is 0 Å². The molecule has 1 saturated carbocycles.